The predicted octanol–water partition coefficient (Wildman–Crippen LogP) is 1.62. The number of fused-ring (bicyclic) bond motifs is 1. The molecule has 4 rings (SSSR count). The molecule has 10 nitrogen and oxygen atoms in total. The van der Waals surface area contributed by atoms with Crippen molar-refractivity contribution >= 4 is 33.6 Å². The Morgan fingerprint density at radius 3 is 2.62 bits per heavy atom. The Morgan fingerprint density at radius 2 is 1.91 bits per heavy atom. The summed E-state index contributed by atoms with van der Waals surface area (Å²) in [5.41, 5.74) is 0.169. The van der Waals surface area contributed by atoms with Crippen molar-refractivity contribution in [3.63, 3.8) is 0 Å². The summed E-state index contributed by atoms with van der Waals surface area (Å²) >= 11 is 0. The molecule has 0 radical (unpaired) electrons. The maximum Gasteiger partial charge on any atom is 0.335 e. The molecule has 0 aromatic heterocycles. The highest BCUT2D eigenvalue weighted by Gasteiger charge is 2.38. The first-order valence-electron chi connectivity index (χ1n) is 10.9. The van der Waals surface area contributed by atoms with Gasteiger partial charge in [0.2, 0.25) is 11.8 Å². The summed E-state index contributed by atoms with van der Waals surface area (Å²) in [6.45, 7) is 1.89. The van der Waals surface area contributed by atoms with E-state index in [1.807, 2.05) is 4.90 Å². The lowest BCUT2D eigenvalue weighted by Crippen LogP contribution is -2.47. The third-order valence-corrected chi connectivity index (χ3v) is 8.09. The number of benzene rings is 1. The third-order valence-electron chi connectivity index (χ3n) is 6.25. The first-order valence-corrected chi connectivity index (χ1v) is 12.4. The maximum absolute atomic E-state index is 12.9. The lowest BCUT2D eigenvalue weighted by Gasteiger charge is -2.30. The van der Waals surface area contributed by atoms with Gasteiger partial charge in [-0.2, -0.15) is 0 Å². The first-order chi connectivity index (χ1) is 15.3. The number of carbonyl (C=O) groups excluding carboxylic acids is 3. The minimum atomic E-state index is -4.03. The van der Waals surface area contributed by atoms with Crippen molar-refractivity contribution in [3.8, 4) is 5.75 Å². The Bertz CT molecular complexity index is 1020. The number of methoxy groups -OCH3 is 1. The molecule has 3 heterocycles. The molecular formula is C21H28N4O6S. The summed E-state index contributed by atoms with van der Waals surface area (Å²) < 4.78 is 31.7. The monoisotopic (exact) mass is 464 g/mol. The minimum absolute atomic E-state index is 0.0124. The zero-order chi connectivity index (χ0) is 22.9. The van der Waals surface area contributed by atoms with Crippen molar-refractivity contribution in [1.29, 1.82) is 0 Å². The highest BCUT2D eigenvalue weighted by atomic mass is 32.2. The SMILES string of the molecule is COc1ccc2c(c1)NC(=O)N(CCCC(=O)N1CCC[C@H]1C(=O)N1CCCC1)S2(=O)=O. The van der Waals surface area contributed by atoms with E-state index in [-0.39, 0.29) is 41.8 Å². The molecule has 1 aromatic rings. The van der Waals surface area contributed by atoms with Crippen molar-refractivity contribution in [2.75, 3.05) is 38.6 Å². The van der Waals surface area contributed by atoms with Gasteiger partial charge in [0.25, 0.3) is 10.0 Å². The van der Waals surface area contributed by atoms with E-state index in [1.165, 1.54) is 25.3 Å². The topological polar surface area (TPSA) is 116 Å². The Labute approximate surface area is 187 Å². The van der Waals surface area contributed by atoms with E-state index in [0.717, 1.165) is 36.7 Å². The zero-order valence-corrected chi connectivity index (χ0v) is 18.9. The molecule has 32 heavy (non-hydrogen) atoms. The summed E-state index contributed by atoms with van der Waals surface area (Å²) in [6, 6.07) is 3.17. The molecule has 3 aliphatic heterocycles. The van der Waals surface area contributed by atoms with Crippen LogP contribution < -0.4 is 10.1 Å². The van der Waals surface area contributed by atoms with Crippen LogP contribution in [0.4, 0.5) is 10.5 Å². The molecule has 1 aromatic carbocycles. The molecule has 0 bridgehead atoms. The number of hydrogen-bond acceptors (Lipinski definition) is 6. The van der Waals surface area contributed by atoms with E-state index >= 15 is 0 Å². The number of nitrogens with zero attached hydrogens (tertiary/aromatic N) is 3. The minimum Gasteiger partial charge on any atom is -0.497 e. The van der Waals surface area contributed by atoms with Crippen LogP contribution in [0.1, 0.15) is 38.5 Å². The van der Waals surface area contributed by atoms with Gasteiger partial charge < -0.3 is 19.9 Å². The Balaban J connectivity index is 1.37. The van der Waals surface area contributed by atoms with E-state index < -0.39 is 22.1 Å². The van der Waals surface area contributed by atoms with Gasteiger partial charge in [-0.05, 0) is 44.2 Å². The zero-order valence-electron chi connectivity index (χ0n) is 18.1. The van der Waals surface area contributed by atoms with E-state index in [9.17, 15) is 22.8 Å². The van der Waals surface area contributed by atoms with E-state index in [4.69, 9.17) is 4.74 Å². The fourth-order valence-corrected chi connectivity index (χ4v) is 6.07. The van der Waals surface area contributed by atoms with Crippen LogP contribution in [-0.2, 0) is 19.6 Å². The molecule has 2 saturated heterocycles. The molecule has 3 aliphatic rings. The van der Waals surface area contributed by atoms with Gasteiger partial charge in [-0.3, -0.25) is 9.59 Å². The van der Waals surface area contributed by atoms with Crippen LogP contribution in [0.25, 0.3) is 0 Å². The van der Waals surface area contributed by atoms with Gasteiger partial charge in [0.15, 0.2) is 0 Å². The maximum atomic E-state index is 12.9. The highest BCUT2D eigenvalue weighted by molar-refractivity contribution is 7.90. The quantitative estimate of drug-likeness (QED) is 0.684. The fourth-order valence-electron chi connectivity index (χ4n) is 4.57. The normalized spacial score (nSPS) is 22.0. The molecule has 0 saturated carbocycles. The van der Waals surface area contributed by atoms with Gasteiger partial charge >= 0.3 is 6.03 Å². The summed E-state index contributed by atoms with van der Waals surface area (Å²) in [4.78, 5) is 41.4. The van der Waals surface area contributed by atoms with Gasteiger partial charge in [0.1, 0.15) is 16.7 Å². The van der Waals surface area contributed by atoms with Crippen LogP contribution in [-0.4, -0.2) is 79.7 Å². The second kappa shape index (κ2) is 8.97. The Hall–Kier alpha value is -2.82. The van der Waals surface area contributed by atoms with Gasteiger partial charge in [-0.15, -0.1) is 0 Å². The molecule has 174 valence electrons. The number of amides is 4. The number of ether oxygens (including phenoxy) is 1. The largest absolute Gasteiger partial charge is 0.497 e. The molecule has 0 unspecified atom stereocenters. The molecule has 2 fully saturated rings. The van der Waals surface area contributed by atoms with Crippen molar-refractivity contribution < 1.29 is 27.5 Å². The van der Waals surface area contributed by atoms with Crippen molar-refractivity contribution in [3.05, 3.63) is 18.2 Å². The molecule has 1 atom stereocenters. The number of rotatable bonds is 6. The van der Waals surface area contributed by atoms with E-state index in [2.05, 4.69) is 5.32 Å². The van der Waals surface area contributed by atoms with Crippen LogP contribution in [0.5, 0.6) is 5.75 Å². The second-order valence-corrected chi connectivity index (χ2v) is 10.1. The van der Waals surface area contributed by atoms with Gasteiger partial charge in [-0.25, -0.2) is 17.5 Å². The number of nitrogens with one attached hydrogen (secondary N) is 1. The lowest BCUT2D eigenvalue weighted by atomic mass is 10.2. The average Bonchev–Trinajstić information content (AvgIpc) is 3.47. The van der Waals surface area contributed by atoms with Crippen LogP contribution in [0.15, 0.2) is 23.1 Å². The molecule has 0 spiro atoms. The van der Waals surface area contributed by atoms with Crippen LogP contribution in [0.3, 0.4) is 0 Å². The third kappa shape index (κ3) is 4.13. The highest BCUT2D eigenvalue weighted by Crippen LogP contribution is 2.33. The predicted molar refractivity (Wildman–Crippen MR) is 116 cm³/mol. The Kier molecular flexibility index (Phi) is 6.27. The summed E-state index contributed by atoms with van der Waals surface area (Å²) in [5, 5.41) is 2.57. The summed E-state index contributed by atoms with van der Waals surface area (Å²) in [5.74, 6) is 0.264. The summed E-state index contributed by atoms with van der Waals surface area (Å²) in [6.07, 6.45) is 3.67. The van der Waals surface area contributed by atoms with Crippen LogP contribution >= 0.6 is 0 Å². The van der Waals surface area contributed by atoms with Gasteiger partial charge in [0.05, 0.1) is 12.8 Å². The number of sulfonamides is 1. The molecule has 1 N–H and O–H groups in total. The summed E-state index contributed by atoms with van der Waals surface area (Å²) in [7, 11) is -2.58. The molecule has 11 heteroatoms. The number of urea groups is 1. The Morgan fingerprint density at radius 1 is 1.16 bits per heavy atom. The smallest absolute Gasteiger partial charge is 0.335 e. The van der Waals surface area contributed by atoms with Crippen LogP contribution in [0, 0.1) is 0 Å². The van der Waals surface area contributed by atoms with E-state index in [1.54, 1.807) is 4.90 Å². The van der Waals surface area contributed by atoms with Crippen molar-refractivity contribution in [1.82, 2.24) is 14.1 Å². The fraction of sp³-hybridized carbons (Fsp3) is 0.571. The first kappa shape index (κ1) is 22.4. The van der Waals surface area contributed by atoms with Gasteiger partial charge in [-0.1, -0.05) is 0 Å². The number of anilines is 1. The van der Waals surface area contributed by atoms with E-state index in [0.29, 0.717) is 18.7 Å². The number of hydrogen-bond donors (Lipinski definition) is 1. The number of likely N-dealkylation sites (tertiary alicyclic amines) is 2. The standard InChI is InChI=1S/C21H28N4O6S/c1-31-15-8-9-18-16(14-15)22-21(28)25(32(18,29)30)13-5-7-19(26)24-12-4-6-17(24)20(27)23-10-2-3-11-23/h8-9,14,17H,2-7,10-13H2,1H3,(H,22,28)/t17-/m0/s1. The number of carbonyl (C=O) groups is 3. The molecule has 4 amide bonds. The lowest BCUT2D eigenvalue weighted by molar-refractivity contribution is -0.143. The van der Waals surface area contributed by atoms with Crippen molar-refractivity contribution in [2.24, 2.45) is 0 Å². The molecular weight excluding hydrogens is 436 g/mol. The van der Waals surface area contributed by atoms with Crippen molar-refractivity contribution in [2.45, 2.75) is 49.5 Å². The average molecular weight is 465 g/mol. The van der Waals surface area contributed by atoms with Gasteiger partial charge in [0, 0.05) is 38.7 Å². The molecule has 0 aliphatic carbocycles. The van der Waals surface area contributed by atoms with Crippen LogP contribution in [0.2, 0.25) is 0 Å². The second-order valence-electron chi connectivity index (χ2n) is 8.25.